The molecule has 0 aliphatic heterocycles. The van der Waals surface area contributed by atoms with Gasteiger partial charge in [0, 0.05) is 18.1 Å². The SMILES string of the molecule is CCCCCCCCCCCCCCCCc1[nH+]ccc(P=O)c1CCCCCCCCCCCCCCCC. The maximum absolute atomic E-state index is 11.8. The molecule has 0 aliphatic carbocycles. The fraction of sp³-hybridized carbons (Fsp3) is 0.865. The molecule has 0 aromatic carbocycles. The van der Waals surface area contributed by atoms with E-state index in [0.717, 1.165) is 18.1 Å². The van der Waals surface area contributed by atoms with Crippen LogP contribution in [-0.4, -0.2) is 0 Å². The molecule has 1 aromatic heterocycles. The van der Waals surface area contributed by atoms with Gasteiger partial charge in [-0.2, -0.15) is 0 Å². The predicted octanol–water partition coefficient (Wildman–Crippen LogP) is 12.5. The van der Waals surface area contributed by atoms with Crippen LogP contribution in [-0.2, 0) is 17.4 Å². The minimum Gasteiger partial charge on any atom is -0.269 e. The number of aromatic amines is 1. The van der Waals surface area contributed by atoms with Gasteiger partial charge in [-0.05, 0) is 19.3 Å². The molecule has 40 heavy (non-hydrogen) atoms. The molecule has 0 atom stereocenters. The van der Waals surface area contributed by atoms with Gasteiger partial charge < -0.3 is 0 Å². The van der Waals surface area contributed by atoms with Crippen LogP contribution in [0.25, 0.3) is 0 Å². The third-order valence-electron chi connectivity index (χ3n) is 8.83. The molecule has 0 saturated carbocycles. The Labute approximate surface area is 252 Å². The van der Waals surface area contributed by atoms with Gasteiger partial charge >= 0.3 is 0 Å². The van der Waals surface area contributed by atoms with Gasteiger partial charge in [0.15, 0.2) is 20.4 Å². The fourth-order valence-electron chi connectivity index (χ4n) is 6.14. The van der Waals surface area contributed by atoms with Crippen LogP contribution in [0.2, 0.25) is 0 Å². The van der Waals surface area contributed by atoms with Gasteiger partial charge in [-0.1, -0.05) is 181 Å². The summed E-state index contributed by atoms with van der Waals surface area (Å²) in [6.45, 7) is 4.59. The summed E-state index contributed by atoms with van der Waals surface area (Å²) in [6.07, 6.45) is 43.3. The van der Waals surface area contributed by atoms with Crippen molar-refractivity contribution in [2.45, 2.75) is 206 Å². The van der Waals surface area contributed by atoms with E-state index in [9.17, 15) is 4.57 Å². The van der Waals surface area contributed by atoms with Gasteiger partial charge in [-0.25, -0.2) is 4.98 Å². The molecule has 0 spiro atoms. The van der Waals surface area contributed by atoms with Crippen molar-refractivity contribution in [1.82, 2.24) is 0 Å². The monoisotopic (exact) mass is 575 g/mol. The van der Waals surface area contributed by atoms with Crippen molar-refractivity contribution in [3.05, 3.63) is 23.5 Å². The highest BCUT2D eigenvalue weighted by molar-refractivity contribution is 7.34. The molecule has 0 amide bonds. The molecular formula is C37H69NOP+. The summed E-state index contributed by atoms with van der Waals surface area (Å²) in [5.74, 6) is 0. The quantitative estimate of drug-likeness (QED) is 0.0641. The minimum absolute atomic E-state index is 0.180. The molecule has 232 valence electrons. The number of nitrogens with one attached hydrogen (secondary N) is 1. The van der Waals surface area contributed by atoms with E-state index in [2.05, 4.69) is 18.8 Å². The maximum Gasteiger partial charge on any atom is 0.193 e. The van der Waals surface area contributed by atoms with Crippen LogP contribution in [0.5, 0.6) is 0 Å². The second-order valence-electron chi connectivity index (χ2n) is 12.6. The highest BCUT2D eigenvalue weighted by Gasteiger charge is 2.14. The number of H-pyrrole nitrogens is 1. The average Bonchev–Trinajstić information content (AvgIpc) is 2.97. The van der Waals surface area contributed by atoms with E-state index >= 15 is 0 Å². The topological polar surface area (TPSA) is 31.2 Å². The van der Waals surface area contributed by atoms with Crippen molar-refractivity contribution in [2.24, 2.45) is 0 Å². The molecule has 1 heterocycles. The third kappa shape index (κ3) is 21.9. The summed E-state index contributed by atoms with van der Waals surface area (Å²) in [4.78, 5) is 3.51. The van der Waals surface area contributed by atoms with E-state index in [-0.39, 0.29) is 8.46 Å². The first-order valence-corrected chi connectivity index (χ1v) is 19.0. The number of pyridine rings is 1. The molecule has 0 fully saturated rings. The number of unbranched alkanes of at least 4 members (excludes halogenated alkanes) is 26. The van der Waals surface area contributed by atoms with Crippen LogP contribution in [0, 0.1) is 0 Å². The van der Waals surface area contributed by atoms with Crippen molar-refractivity contribution in [2.75, 3.05) is 0 Å². The molecule has 1 rings (SSSR count). The second kappa shape index (κ2) is 29.7. The number of aromatic nitrogens is 1. The van der Waals surface area contributed by atoms with E-state index in [1.807, 2.05) is 12.3 Å². The van der Waals surface area contributed by atoms with Crippen molar-refractivity contribution >= 4 is 13.8 Å². The van der Waals surface area contributed by atoms with E-state index in [1.54, 1.807) is 0 Å². The van der Waals surface area contributed by atoms with Crippen molar-refractivity contribution in [3.63, 3.8) is 0 Å². The first-order chi connectivity index (χ1) is 19.8. The lowest BCUT2D eigenvalue weighted by Crippen LogP contribution is -2.20. The highest BCUT2D eigenvalue weighted by atomic mass is 31.1. The Morgan fingerprint density at radius 1 is 0.475 bits per heavy atom. The zero-order valence-corrected chi connectivity index (χ0v) is 28.1. The summed E-state index contributed by atoms with van der Waals surface area (Å²) in [5.41, 5.74) is 2.68. The third-order valence-corrected chi connectivity index (χ3v) is 9.45. The Balaban J connectivity index is 2.06. The van der Waals surface area contributed by atoms with Gasteiger partial charge in [0.05, 0.1) is 5.30 Å². The van der Waals surface area contributed by atoms with Crippen molar-refractivity contribution in [1.29, 1.82) is 0 Å². The molecule has 0 unspecified atom stereocenters. The van der Waals surface area contributed by atoms with Crippen molar-refractivity contribution < 1.29 is 9.55 Å². The highest BCUT2D eigenvalue weighted by Crippen LogP contribution is 2.18. The summed E-state index contributed by atoms with van der Waals surface area (Å²) in [6, 6.07) is 2.02. The Morgan fingerprint density at radius 3 is 1.15 bits per heavy atom. The van der Waals surface area contributed by atoms with Crippen LogP contribution in [0.15, 0.2) is 12.3 Å². The number of aryl methyl sites for hydroxylation is 1. The number of hydrogen-bond acceptors (Lipinski definition) is 1. The summed E-state index contributed by atoms with van der Waals surface area (Å²) >= 11 is 0. The van der Waals surface area contributed by atoms with Crippen molar-refractivity contribution in [3.8, 4) is 0 Å². The molecular weight excluding hydrogens is 505 g/mol. The summed E-state index contributed by atoms with van der Waals surface area (Å²) in [7, 11) is 0.180. The predicted molar refractivity (Wildman–Crippen MR) is 178 cm³/mol. The lowest BCUT2D eigenvalue weighted by molar-refractivity contribution is -0.390. The van der Waals surface area contributed by atoms with Gasteiger partial charge in [0.25, 0.3) is 0 Å². The normalized spacial score (nSPS) is 11.6. The summed E-state index contributed by atoms with van der Waals surface area (Å²) in [5, 5.41) is 1.01. The second-order valence-corrected chi connectivity index (χ2v) is 13.3. The van der Waals surface area contributed by atoms with Gasteiger partial charge in [0.2, 0.25) is 0 Å². The Morgan fingerprint density at radius 2 is 0.800 bits per heavy atom. The zero-order chi connectivity index (χ0) is 28.8. The van der Waals surface area contributed by atoms with E-state index in [4.69, 9.17) is 0 Å². The molecule has 2 nitrogen and oxygen atoms in total. The molecule has 0 aliphatic rings. The summed E-state index contributed by atoms with van der Waals surface area (Å²) < 4.78 is 11.8. The lowest BCUT2D eigenvalue weighted by atomic mass is 9.99. The average molecular weight is 575 g/mol. The first-order valence-electron chi connectivity index (χ1n) is 18.2. The number of hydrogen-bond donors (Lipinski definition) is 0. The smallest absolute Gasteiger partial charge is 0.193 e. The number of rotatable bonds is 31. The molecule has 0 bridgehead atoms. The largest absolute Gasteiger partial charge is 0.269 e. The van der Waals surface area contributed by atoms with Crippen LogP contribution in [0.4, 0.5) is 0 Å². The Hall–Kier alpha value is -0.750. The molecule has 1 aromatic rings. The molecule has 0 saturated heterocycles. The maximum atomic E-state index is 11.8. The fourth-order valence-corrected chi connectivity index (χ4v) is 6.64. The van der Waals surface area contributed by atoms with Crippen LogP contribution < -0.4 is 10.3 Å². The zero-order valence-electron chi connectivity index (χ0n) is 27.2. The van der Waals surface area contributed by atoms with E-state index in [1.165, 1.54) is 191 Å². The first kappa shape index (κ1) is 37.3. The molecule has 0 radical (unpaired) electrons. The van der Waals surface area contributed by atoms with E-state index < -0.39 is 0 Å². The van der Waals surface area contributed by atoms with Crippen LogP contribution in [0.3, 0.4) is 0 Å². The van der Waals surface area contributed by atoms with E-state index in [0.29, 0.717) is 0 Å². The van der Waals surface area contributed by atoms with Crippen LogP contribution >= 0.6 is 8.46 Å². The van der Waals surface area contributed by atoms with Gasteiger partial charge in [0.1, 0.15) is 0 Å². The van der Waals surface area contributed by atoms with Crippen LogP contribution in [0.1, 0.15) is 205 Å². The Bertz CT molecular complexity index is 676. The lowest BCUT2D eigenvalue weighted by Gasteiger charge is -2.07. The molecule has 1 N–H and O–H groups in total. The Kier molecular flexibility index (Phi) is 27.7. The molecule has 3 heteroatoms. The van der Waals surface area contributed by atoms with Gasteiger partial charge in [-0.3, -0.25) is 4.57 Å². The van der Waals surface area contributed by atoms with Gasteiger partial charge in [-0.15, -0.1) is 0 Å². The minimum atomic E-state index is 0.180. The standard InChI is InChI=1S/C37H68NOP/c1-3-5-7-9-11-13-15-17-19-21-23-25-27-29-31-35-36(38-34-33-37(35)40-39)32-30-28-26-24-22-20-18-16-14-12-10-8-6-4-2/h33-34H,3-32H2,1-2H3/p+1.